The number of nitro benzene ring substituents is 1. The molecular weight excluding hydrogens is 340 g/mol. The van der Waals surface area contributed by atoms with Crippen LogP contribution in [0.15, 0.2) is 12.1 Å². The summed E-state index contributed by atoms with van der Waals surface area (Å²) in [6.45, 7) is 5.36. The molecule has 1 aromatic rings. The Labute approximate surface area is 153 Å². The Bertz CT molecular complexity index is 628. The third-order valence-corrected chi connectivity index (χ3v) is 4.30. The van der Waals surface area contributed by atoms with Crippen LogP contribution >= 0.6 is 0 Å². The highest BCUT2D eigenvalue weighted by Gasteiger charge is 2.25. The number of esters is 1. The van der Waals surface area contributed by atoms with E-state index in [0.717, 1.165) is 26.1 Å². The van der Waals surface area contributed by atoms with Crippen LogP contribution in [-0.4, -0.2) is 55.8 Å². The number of carbonyl (C=O) groups is 1. The molecule has 0 atom stereocenters. The van der Waals surface area contributed by atoms with E-state index in [1.807, 2.05) is 0 Å². The molecule has 2 rings (SSSR count). The average Bonchev–Trinajstić information content (AvgIpc) is 2.65. The molecule has 0 spiro atoms. The van der Waals surface area contributed by atoms with Crippen LogP contribution in [0, 0.1) is 10.1 Å². The summed E-state index contributed by atoms with van der Waals surface area (Å²) in [4.78, 5) is 25.1. The first-order valence-electron chi connectivity index (χ1n) is 8.95. The van der Waals surface area contributed by atoms with Gasteiger partial charge in [0, 0.05) is 12.6 Å². The Hall–Kier alpha value is -2.35. The highest BCUT2D eigenvalue weighted by atomic mass is 16.6. The largest absolute Gasteiger partial charge is 0.493 e. The van der Waals surface area contributed by atoms with Crippen molar-refractivity contribution in [2.45, 2.75) is 32.6 Å². The second-order valence-electron chi connectivity index (χ2n) is 6.10. The highest BCUT2D eigenvalue weighted by molar-refractivity contribution is 5.95. The van der Waals surface area contributed by atoms with Crippen LogP contribution in [0.3, 0.4) is 0 Å². The van der Waals surface area contributed by atoms with Gasteiger partial charge < -0.3 is 19.1 Å². The average molecular weight is 366 g/mol. The predicted octanol–water partition coefficient (Wildman–Crippen LogP) is 3.03. The molecule has 0 radical (unpaired) electrons. The number of likely N-dealkylation sites (tertiary alicyclic amines) is 1. The summed E-state index contributed by atoms with van der Waals surface area (Å²) in [6, 6.07) is 2.53. The maximum absolute atomic E-state index is 12.0. The van der Waals surface area contributed by atoms with E-state index < -0.39 is 10.9 Å². The Morgan fingerprint density at radius 2 is 1.96 bits per heavy atom. The molecule has 1 aliphatic heterocycles. The van der Waals surface area contributed by atoms with E-state index in [1.165, 1.54) is 38.5 Å². The lowest BCUT2D eigenvalue weighted by Crippen LogP contribution is -2.31. The van der Waals surface area contributed by atoms with Crippen molar-refractivity contribution in [2.75, 3.05) is 40.0 Å². The zero-order valence-electron chi connectivity index (χ0n) is 15.4. The predicted molar refractivity (Wildman–Crippen MR) is 96.0 cm³/mol. The molecule has 0 aromatic heterocycles. The summed E-state index contributed by atoms with van der Waals surface area (Å²) >= 11 is 0. The lowest BCUT2D eigenvalue weighted by molar-refractivity contribution is -0.385. The Kier molecular flexibility index (Phi) is 7.65. The maximum atomic E-state index is 12.0. The van der Waals surface area contributed by atoms with Crippen molar-refractivity contribution < 1.29 is 23.9 Å². The molecular formula is C18H26N2O6. The number of piperidine rings is 1. The van der Waals surface area contributed by atoms with Crippen LogP contribution < -0.4 is 9.47 Å². The summed E-state index contributed by atoms with van der Waals surface area (Å²) in [5.74, 6) is -0.225. The molecule has 0 amide bonds. The van der Waals surface area contributed by atoms with Gasteiger partial charge in [-0.3, -0.25) is 10.1 Å². The molecule has 1 heterocycles. The number of nitro groups is 1. The smallest absolute Gasteiger partial charge is 0.345 e. The number of methoxy groups -OCH3 is 1. The fraction of sp³-hybridized carbons (Fsp3) is 0.611. The van der Waals surface area contributed by atoms with Gasteiger partial charge in [0.1, 0.15) is 5.56 Å². The van der Waals surface area contributed by atoms with Gasteiger partial charge in [0.25, 0.3) is 5.69 Å². The topological polar surface area (TPSA) is 91.1 Å². The number of hydrogen-bond donors (Lipinski definition) is 0. The van der Waals surface area contributed by atoms with Crippen LogP contribution in [0.5, 0.6) is 11.5 Å². The quantitative estimate of drug-likeness (QED) is 0.287. The Balaban J connectivity index is 2.05. The molecule has 8 nitrogen and oxygen atoms in total. The molecule has 1 aromatic carbocycles. The third kappa shape index (κ3) is 5.32. The SMILES string of the molecule is CCOC(=O)c1cc(OC)c(OCCCN2CCCCC2)cc1[N+](=O)[O-]. The molecule has 0 saturated carbocycles. The number of nitrogens with zero attached hydrogens (tertiary/aromatic N) is 2. The summed E-state index contributed by atoms with van der Waals surface area (Å²) in [6.07, 6.45) is 4.57. The molecule has 1 fully saturated rings. The molecule has 8 heteroatoms. The second kappa shape index (κ2) is 9.96. The van der Waals surface area contributed by atoms with E-state index in [1.54, 1.807) is 6.92 Å². The monoisotopic (exact) mass is 366 g/mol. The minimum absolute atomic E-state index is 0.132. The van der Waals surface area contributed by atoms with Gasteiger partial charge in [0.05, 0.1) is 31.3 Å². The van der Waals surface area contributed by atoms with E-state index in [9.17, 15) is 14.9 Å². The van der Waals surface area contributed by atoms with Crippen molar-refractivity contribution in [3.05, 3.63) is 27.8 Å². The first-order valence-corrected chi connectivity index (χ1v) is 8.95. The Morgan fingerprint density at radius 1 is 1.23 bits per heavy atom. The molecule has 1 saturated heterocycles. The number of hydrogen-bond acceptors (Lipinski definition) is 7. The van der Waals surface area contributed by atoms with E-state index >= 15 is 0 Å². The fourth-order valence-electron chi connectivity index (χ4n) is 3.00. The van der Waals surface area contributed by atoms with Gasteiger partial charge in [-0.25, -0.2) is 4.79 Å². The molecule has 26 heavy (non-hydrogen) atoms. The van der Waals surface area contributed by atoms with Crippen molar-refractivity contribution in [1.82, 2.24) is 4.90 Å². The van der Waals surface area contributed by atoms with Gasteiger partial charge in [-0.15, -0.1) is 0 Å². The van der Waals surface area contributed by atoms with Gasteiger partial charge in [-0.05, 0) is 39.3 Å². The lowest BCUT2D eigenvalue weighted by atomic mass is 10.1. The van der Waals surface area contributed by atoms with Crippen molar-refractivity contribution in [3.63, 3.8) is 0 Å². The Morgan fingerprint density at radius 3 is 2.58 bits per heavy atom. The molecule has 1 aliphatic rings. The van der Waals surface area contributed by atoms with Gasteiger partial charge in [0.2, 0.25) is 0 Å². The van der Waals surface area contributed by atoms with Crippen molar-refractivity contribution in [2.24, 2.45) is 0 Å². The second-order valence-corrected chi connectivity index (χ2v) is 6.10. The zero-order valence-corrected chi connectivity index (χ0v) is 15.4. The van der Waals surface area contributed by atoms with Crippen LogP contribution in [0.2, 0.25) is 0 Å². The minimum Gasteiger partial charge on any atom is -0.493 e. The van der Waals surface area contributed by atoms with Crippen molar-refractivity contribution in [1.29, 1.82) is 0 Å². The third-order valence-electron chi connectivity index (χ3n) is 4.30. The molecule has 144 valence electrons. The highest BCUT2D eigenvalue weighted by Crippen LogP contribution is 2.35. The van der Waals surface area contributed by atoms with Crippen LogP contribution in [-0.2, 0) is 4.74 Å². The van der Waals surface area contributed by atoms with E-state index in [4.69, 9.17) is 14.2 Å². The minimum atomic E-state index is -0.755. The maximum Gasteiger partial charge on any atom is 0.345 e. The summed E-state index contributed by atoms with van der Waals surface area (Å²) in [7, 11) is 1.43. The number of benzene rings is 1. The van der Waals surface area contributed by atoms with Crippen molar-refractivity contribution in [3.8, 4) is 11.5 Å². The molecule has 0 bridgehead atoms. The number of carbonyl (C=O) groups excluding carboxylic acids is 1. The first kappa shape index (κ1) is 20.0. The first-order chi connectivity index (χ1) is 12.6. The van der Waals surface area contributed by atoms with E-state index in [0.29, 0.717) is 6.61 Å². The normalized spacial score (nSPS) is 14.7. The summed E-state index contributed by atoms with van der Waals surface area (Å²) in [5.41, 5.74) is -0.496. The van der Waals surface area contributed by atoms with Gasteiger partial charge in [-0.1, -0.05) is 6.42 Å². The molecule has 0 aliphatic carbocycles. The van der Waals surface area contributed by atoms with Gasteiger partial charge in [0.15, 0.2) is 11.5 Å². The summed E-state index contributed by atoms with van der Waals surface area (Å²) < 4.78 is 15.8. The van der Waals surface area contributed by atoms with Crippen molar-refractivity contribution >= 4 is 11.7 Å². The lowest BCUT2D eigenvalue weighted by Gasteiger charge is -2.26. The van der Waals surface area contributed by atoms with E-state index in [-0.39, 0.29) is 29.4 Å². The molecule has 0 unspecified atom stereocenters. The standard InChI is InChI=1S/C18H26N2O6/c1-3-25-18(21)14-12-16(24-2)17(13-15(14)20(22)23)26-11-7-10-19-8-5-4-6-9-19/h12-13H,3-11H2,1-2H3. The van der Waals surface area contributed by atoms with E-state index in [2.05, 4.69) is 4.90 Å². The fourth-order valence-corrected chi connectivity index (χ4v) is 3.00. The van der Waals surface area contributed by atoms with Crippen LogP contribution in [0.1, 0.15) is 43.0 Å². The summed E-state index contributed by atoms with van der Waals surface area (Å²) in [5, 5.41) is 11.3. The van der Waals surface area contributed by atoms with Crippen LogP contribution in [0.25, 0.3) is 0 Å². The molecule has 0 N–H and O–H groups in total. The number of rotatable bonds is 9. The van der Waals surface area contributed by atoms with Gasteiger partial charge >= 0.3 is 5.97 Å². The zero-order chi connectivity index (χ0) is 18.9. The van der Waals surface area contributed by atoms with Gasteiger partial charge in [-0.2, -0.15) is 0 Å². The number of ether oxygens (including phenoxy) is 3. The van der Waals surface area contributed by atoms with Crippen LogP contribution in [0.4, 0.5) is 5.69 Å².